The lowest BCUT2D eigenvalue weighted by molar-refractivity contribution is -0.119. The van der Waals surface area contributed by atoms with E-state index in [2.05, 4.69) is 25.7 Å². The van der Waals surface area contributed by atoms with Crippen molar-refractivity contribution in [3.05, 3.63) is 0 Å². The molecule has 15 heavy (non-hydrogen) atoms. The second kappa shape index (κ2) is 7.65. The van der Waals surface area contributed by atoms with Crippen LogP contribution in [-0.2, 0) is 4.79 Å². The van der Waals surface area contributed by atoms with Crippen LogP contribution in [0.4, 0.5) is 0 Å². The first kappa shape index (κ1) is 14.4. The highest BCUT2D eigenvalue weighted by atomic mass is 16.1. The van der Waals surface area contributed by atoms with Gasteiger partial charge in [0.15, 0.2) is 0 Å². The molecule has 0 saturated heterocycles. The van der Waals surface area contributed by atoms with Gasteiger partial charge < -0.3 is 16.4 Å². The molecule has 2 atom stereocenters. The predicted octanol–water partition coefficient (Wildman–Crippen LogP) is 0.557. The van der Waals surface area contributed by atoms with E-state index in [4.69, 9.17) is 11.5 Å². The normalized spacial score (nSPS) is 15.3. The molecule has 4 N–H and O–H groups in total. The Morgan fingerprint density at radius 3 is 2.40 bits per heavy atom. The minimum atomic E-state index is -0.504. The molecule has 0 aromatic heterocycles. The number of rotatable bonds is 8. The Morgan fingerprint density at radius 2 is 2.00 bits per heavy atom. The van der Waals surface area contributed by atoms with E-state index in [0.717, 1.165) is 19.6 Å². The standard InChI is InChI=1S/C11H25N3O/c1-4-9(3)8-14(5-2)7-6-10(12)11(13)15/h9-10H,4-8,12H2,1-3H3,(H2,13,15). The smallest absolute Gasteiger partial charge is 0.234 e. The molecular weight excluding hydrogens is 190 g/mol. The molecule has 0 aliphatic carbocycles. The highest BCUT2D eigenvalue weighted by molar-refractivity contribution is 5.79. The van der Waals surface area contributed by atoms with Crippen molar-refractivity contribution in [2.75, 3.05) is 19.6 Å². The molecule has 4 heteroatoms. The summed E-state index contributed by atoms with van der Waals surface area (Å²) in [5.41, 5.74) is 10.7. The summed E-state index contributed by atoms with van der Waals surface area (Å²) >= 11 is 0. The molecule has 90 valence electrons. The van der Waals surface area contributed by atoms with Gasteiger partial charge in [-0.3, -0.25) is 4.79 Å². The summed E-state index contributed by atoms with van der Waals surface area (Å²) in [6, 6.07) is -0.504. The van der Waals surface area contributed by atoms with Crippen LogP contribution in [0.3, 0.4) is 0 Å². The Balaban J connectivity index is 3.84. The lowest BCUT2D eigenvalue weighted by atomic mass is 10.1. The average molecular weight is 215 g/mol. The van der Waals surface area contributed by atoms with Crippen molar-refractivity contribution in [2.24, 2.45) is 17.4 Å². The maximum absolute atomic E-state index is 10.8. The Bertz CT molecular complexity index is 185. The molecule has 0 saturated carbocycles. The first-order valence-electron chi connectivity index (χ1n) is 5.78. The number of amides is 1. The Labute approximate surface area is 93.0 Å². The second-order valence-electron chi connectivity index (χ2n) is 4.20. The van der Waals surface area contributed by atoms with Crippen LogP contribution in [0.1, 0.15) is 33.6 Å². The molecule has 0 radical (unpaired) electrons. The third kappa shape index (κ3) is 6.47. The molecule has 0 bridgehead atoms. The molecule has 0 heterocycles. The van der Waals surface area contributed by atoms with E-state index in [1.54, 1.807) is 0 Å². The van der Waals surface area contributed by atoms with Gasteiger partial charge in [-0.2, -0.15) is 0 Å². The molecule has 2 unspecified atom stereocenters. The van der Waals surface area contributed by atoms with Gasteiger partial charge in [0, 0.05) is 13.1 Å². The van der Waals surface area contributed by atoms with Crippen molar-refractivity contribution in [1.82, 2.24) is 4.90 Å². The molecule has 0 aliphatic rings. The topological polar surface area (TPSA) is 72.3 Å². The minimum absolute atomic E-state index is 0.408. The van der Waals surface area contributed by atoms with Crippen LogP contribution in [0.2, 0.25) is 0 Å². The van der Waals surface area contributed by atoms with Crippen molar-refractivity contribution in [3.8, 4) is 0 Å². The fourth-order valence-electron chi connectivity index (χ4n) is 1.41. The van der Waals surface area contributed by atoms with Crippen molar-refractivity contribution in [3.63, 3.8) is 0 Å². The zero-order chi connectivity index (χ0) is 11.8. The second-order valence-corrected chi connectivity index (χ2v) is 4.20. The number of carbonyl (C=O) groups excluding carboxylic acids is 1. The SMILES string of the molecule is CCC(C)CN(CC)CCC(N)C(N)=O. The third-order valence-electron chi connectivity index (χ3n) is 2.84. The summed E-state index contributed by atoms with van der Waals surface area (Å²) in [6.07, 6.45) is 1.83. The van der Waals surface area contributed by atoms with Crippen LogP contribution < -0.4 is 11.5 Å². The number of carbonyl (C=O) groups is 1. The Hall–Kier alpha value is -0.610. The fourth-order valence-corrected chi connectivity index (χ4v) is 1.41. The van der Waals surface area contributed by atoms with Crippen LogP contribution in [0.15, 0.2) is 0 Å². The first-order valence-corrected chi connectivity index (χ1v) is 5.78. The number of hydrogen-bond donors (Lipinski definition) is 2. The van der Waals surface area contributed by atoms with Crippen LogP contribution in [0, 0.1) is 5.92 Å². The zero-order valence-electron chi connectivity index (χ0n) is 10.2. The van der Waals surface area contributed by atoms with Gasteiger partial charge in [-0.15, -0.1) is 0 Å². The molecule has 0 spiro atoms. The third-order valence-corrected chi connectivity index (χ3v) is 2.84. The van der Waals surface area contributed by atoms with E-state index in [1.807, 2.05) is 0 Å². The van der Waals surface area contributed by atoms with Gasteiger partial charge in [-0.25, -0.2) is 0 Å². The minimum Gasteiger partial charge on any atom is -0.368 e. The van der Waals surface area contributed by atoms with Gasteiger partial charge in [0.1, 0.15) is 0 Å². The van der Waals surface area contributed by atoms with Crippen LogP contribution in [0.25, 0.3) is 0 Å². The van der Waals surface area contributed by atoms with E-state index < -0.39 is 11.9 Å². The van der Waals surface area contributed by atoms with Gasteiger partial charge in [-0.05, 0) is 18.9 Å². The van der Waals surface area contributed by atoms with Crippen LogP contribution in [0.5, 0.6) is 0 Å². The highest BCUT2D eigenvalue weighted by Gasteiger charge is 2.12. The van der Waals surface area contributed by atoms with Gasteiger partial charge in [0.05, 0.1) is 6.04 Å². The Morgan fingerprint density at radius 1 is 1.40 bits per heavy atom. The van der Waals surface area contributed by atoms with E-state index in [1.165, 1.54) is 6.42 Å². The number of primary amides is 1. The number of hydrogen-bond acceptors (Lipinski definition) is 3. The molecule has 0 rings (SSSR count). The summed E-state index contributed by atoms with van der Waals surface area (Å²) in [4.78, 5) is 13.1. The maximum atomic E-state index is 10.8. The van der Waals surface area contributed by atoms with Gasteiger partial charge >= 0.3 is 0 Å². The molecule has 0 aliphatic heterocycles. The maximum Gasteiger partial charge on any atom is 0.234 e. The molecule has 0 aromatic carbocycles. The monoisotopic (exact) mass is 215 g/mol. The summed E-state index contributed by atoms with van der Waals surface area (Å²) in [7, 11) is 0. The highest BCUT2D eigenvalue weighted by Crippen LogP contribution is 2.05. The Kier molecular flexibility index (Phi) is 7.34. The van der Waals surface area contributed by atoms with Gasteiger partial charge in [0.25, 0.3) is 0 Å². The lowest BCUT2D eigenvalue weighted by Crippen LogP contribution is -2.40. The van der Waals surface area contributed by atoms with E-state index in [0.29, 0.717) is 12.3 Å². The summed E-state index contributed by atoms with van der Waals surface area (Å²) in [5, 5.41) is 0. The lowest BCUT2D eigenvalue weighted by Gasteiger charge is -2.24. The van der Waals surface area contributed by atoms with Crippen molar-refractivity contribution >= 4 is 5.91 Å². The van der Waals surface area contributed by atoms with Gasteiger partial charge in [-0.1, -0.05) is 27.2 Å². The molecule has 4 nitrogen and oxygen atoms in total. The summed E-state index contributed by atoms with van der Waals surface area (Å²) < 4.78 is 0. The van der Waals surface area contributed by atoms with Crippen LogP contribution >= 0.6 is 0 Å². The van der Waals surface area contributed by atoms with Crippen molar-refractivity contribution in [2.45, 2.75) is 39.7 Å². The summed E-state index contributed by atoms with van der Waals surface area (Å²) in [5.74, 6) is 0.282. The molecule has 0 fully saturated rings. The quantitative estimate of drug-likeness (QED) is 0.621. The zero-order valence-corrected chi connectivity index (χ0v) is 10.2. The van der Waals surface area contributed by atoms with E-state index >= 15 is 0 Å². The van der Waals surface area contributed by atoms with E-state index in [9.17, 15) is 4.79 Å². The fraction of sp³-hybridized carbons (Fsp3) is 0.909. The van der Waals surface area contributed by atoms with Crippen LogP contribution in [-0.4, -0.2) is 36.5 Å². The molecule has 1 amide bonds. The largest absolute Gasteiger partial charge is 0.368 e. The first-order chi connectivity index (χ1) is 7.01. The van der Waals surface area contributed by atoms with Gasteiger partial charge in [0.2, 0.25) is 5.91 Å². The van der Waals surface area contributed by atoms with Crippen molar-refractivity contribution in [1.29, 1.82) is 0 Å². The van der Waals surface area contributed by atoms with Crippen molar-refractivity contribution < 1.29 is 4.79 Å². The number of nitrogens with zero attached hydrogens (tertiary/aromatic N) is 1. The predicted molar refractivity (Wildman–Crippen MR) is 63.4 cm³/mol. The summed E-state index contributed by atoms with van der Waals surface area (Å²) in [6.45, 7) is 9.46. The molecule has 0 aromatic rings. The average Bonchev–Trinajstić information content (AvgIpc) is 2.22. The van der Waals surface area contributed by atoms with E-state index in [-0.39, 0.29) is 0 Å². The number of nitrogens with two attached hydrogens (primary N) is 2. The molecular formula is C11H25N3O.